The number of amides is 2. The molecule has 9 nitrogen and oxygen atoms in total. The third kappa shape index (κ3) is 3.92. The molecule has 0 aromatic carbocycles. The first-order valence-electron chi connectivity index (χ1n) is 8.17. The Kier molecular flexibility index (Phi) is 5.11. The molecule has 3 aromatic rings. The van der Waals surface area contributed by atoms with Crippen molar-refractivity contribution in [2.45, 2.75) is 12.5 Å². The molecule has 1 atom stereocenters. The van der Waals surface area contributed by atoms with E-state index in [0.717, 1.165) is 5.69 Å². The fourth-order valence-corrected chi connectivity index (χ4v) is 2.67. The SMILES string of the molecule is Cn1cccc1CC(NC(=O)c1ccnn1-c1ccccn1)C(=O)C(N)=O. The number of rotatable bonds is 7. The number of ketones is 1. The van der Waals surface area contributed by atoms with Crippen LogP contribution >= 0.6 is 0 Å². The molecule has 2 amide bonds. The monoisotopic (exact) mass is 366 g/mol. The Morgan fingerprint density at radius 2 is 1.96 bits per heavy atom. The van der Waals surface area contributed by atoms with Crippen molar-refractivity contribution >= 4 is 17.6 Å². The fraction of sp³-hybridized carbons (Fsp3) is 0.167. The molecule has 0 radical (unpaired) electrons. The molecule has 27 heavy (non-hydrogen) atoms. The number of pyridine rings is 1. The van der Waals surface area contributed by atoms with Gasteiger partial charge in [0, 0.05) is 31.6 Å². The molecule has 138 valence electrons. The van der Waals surface area contributed by atoms with Crippen molar-refractivity contribution in [2.75, 3.05) is 0 Å². The highest BCUT2D eigenvalue weighted by atomic mass is 16.2. The second-order valence-corrected chi connectivity index (χ2v) is 5.89. The van der Waals surface area contributed by atoms with E-state index in [0.29, 0.717) is 5.82 Å². The van der Waals surface area contributed by atoms with Crippen LogP contribution in [-0.4, -0.2) is 43.0 Å². The van der Waals surface area contributed by atoms with E-state index >= 15 is 0 Å². The van der Waals surface area contributed by atoms with Gasteiger partial charge in [-0.15, -0.1) is 0 Å². The maximum absolute atomic E-state index is 12.7. The van der Waals surface area contributed by atoms with Gasteiger partial charge in [-0.2, -0.15) is 5.10 Å². The Morgan fingerprint density at radius 1 is 1.15 bits per heavy atom. The van der Waals surface area contributed by atoms with Gasteiger partial charge in [0.15, 0.2) is 5.82 Å². The molecule has 0 bridgehead atoms. The van der Waals surface area contributed by atoms with E-state index in [-0.39, 0.29) is 12.1 Å². The molecule has 0 aliphatic heterocycles. The van der Waals surface area contributed by atoms with Crippen LogP contribution in [0.3, 0.4) is 0 Å². The summed E-state index contributed by atoms with van der Waals surface area (Å²) < 4.78 is 3.15. The number of aromatic nitrogens is 4. The van der Waals surface area contributed by atoms with Gasteiger partial charge in [0.2, 0.25) is 5.78 Å². The zero-order chi connectivity index (χ0) is 19.4. The molecule has 0 aliphatic rings. The highest BCUT2D eigenvalue weighted by Gasteiger charge is 2.27. The number of hydrogen-bond acceptors (Lipinski definition) is 5. The fourth-order valence-electron chi connectivity index (χ4n) is 2.67. The van der Waals surface area contributed by atoms with Crippen LogP contribution in [0.25, 0.3) is 5.82 Å². The third-order valence-electron chi connectivity index (χ3n) is 4.07. The molecule has 3 N–H and O–H groups in total. The molecular formula is C18H18N6O3. The molecule has 9 heteroatoms. The standard InChI is InChI=1S/C18H18N6O3/c1-23-10-4-5-12(23)11-13(16(25)17(19)26)22-18(27)14-7-9-21-24(14)15-6-2-3-8-20-15/h2-10,13H,11H2,1H3,(H2,19,26)(H,22,27). The molecule has 0 saturated heterocycles. The molecule has 0 spiro atoms. The minimum atomic E-state index is -1.10. The Balaban J connectivity index is 1.85. The Labute approximate surface area is 154 Å². The second kappa shape index (κ2) is 7.65. The van der Waals surface area contributed by atoms with Crippen LogP contribution in [0.4, 0.5) is 0 Å². The van der Waals surface area contributed by atoms with Crippen LogP contribution in [0, 0.1) is 0 Å². The summed E-state index contributed by atoms with van der Waals surface area (Å²) >= 11 is 0. The molecule has 3 rings (SSSR count). The Bertz CT molecular complexity index is 976. The normalized spacial score (nSPS) is 11.7. The smallest absolute Gasteiger partial charge is 0.287 e. The van der Waals surface area contributed by atoms with Crippen molar-refractivity contribution in [1.82, 2.24) is 24.6 Å². The summed E-state index contributed by atoms with van der Waals surface area (Å²) in [5.74, 6) is -2.08. The summed E-state index contributed by atoms with van der Waals surface area (Å²) in [7, 11) is 1.80. The lowest BCUT2D eigenvalue weighted by atomic mass is 10.1. The van der Waals surface area contributed by atoms with Gasteiger partial charge in [0.05, 0.1) is 6.20 Å². The highest BCUT2D eigenvalue weighted by molar-refractivity contribution is 6.38. The van der Waals surface area contributed by atoms with Crippen molar-refractivity contribution in [1.29, 1.82) is 0 Å². The maximum Gasteiger partial charge on any atom is 0.287 e. The third-order valence-corrected chi connectivity index (χ3v) is 4.07. The quantitative estimate of drug-likeness (QED) is 0.570. The van der Waals surface area contributed by atoms with Gasteiger partial charge in [-0.05, 0) is 30.3 Å². The van der Waals surface area contributed by atoms with Gasteiger partial charge < -0.3 is 15.6 Å². The number of hydrogen-bond donors (Lipinski definition) is 2. The van der Waals surface area contributed by atoms with Crippen molar-refractivity contribution in [2.24, 2.45) is 12.8 Å². The Hall–Kier alpha value is -3.75. The topological polar surface area (TPSA) is 125 Å². The zero-order valence-electron chi connectivity index (χ0n) is 14.6. The van der Waals surface area contributed by atoms with Gasteiger partial charge in [-0.25, -0.2) is 9.67 Å². The van der Waals surface area contributed by atoms with Crippen molar-refractivity contribution in [3.63, 3.8) is 0 Å². The van der Waals surface area contributed by atoms with Gasteiger partial charge in [0.25, 0.3) is 11.8 Å². The van der Waals surface area contributed by atoms with Crippen LogP contribution in [-0.2, 0) is 23.1 Å². The molecule has 1 unspecified atom stereocenters. The van der Waals surface area contributed by atoms with Crippen molar-refractivity contribution < 1.29 is 14.4 Å². The van der Waals surface area contributed by atoms with Gasteiger partial charge >= 0.3 is 0 Å². The molecule has 3 aromatic heterocycles. The van der Waals surface area contributed by atoms with E-state index in [2.05, 4.69) is 15.4 Å². The van der Waals surface area contributed by atoms with E-state index < -0.39 is 23.6 Å². The van der Waals surface area contributed by atoms with Gasteiger partial charge in [0.1, 0.15) is 11.7 Å². The summed E-state index contributed by atoms with van der Waals surface area (Å²) in [5, 5.41) is 6.68. The minimum absolute atomic E-state index is 0.134. The van der Waals surface area contributed by atoms with Gasteiger partial charge in [-0.1, -0.05) is 6.07 Å². The second-order valence-electron chi connectivity index (χ2n) is 5.89. The van der Waals surface area contributed by atoms with E-state index in [4.69, 9.17) is 5.73 Å². The zero-order valence-corrected chi connectivity index (χ0v) is 14.6. The lowest BCUT2D eigenvalue weighted by Crippen LogP contribution is -2.48. The first-order valence-corrected chi connectivity index (χ1v) is 8.17. The van der Waals surface area contributed by atoms with E-state index in [1.807, 2.05) is 0 Å². The number of aryl methyl sites for hydroxylation is 1. The molecule has 3 heterocycles. The molecule has 0 saturated carbocycles. The summed E-state index contributed by atoms with van der Waals surface area (Å²) in [6.07, 6.45) is 4.97. The van der Waals surface area contributed by atoms with Crippen LogP contribution < -0.4 is 11.1 Å². The minimum Gasteiger partial charge on any atom is -0.363 e. The van der Waals surface area contributed by atoms with Crippen LogP contribution in [0.5, 0.6) is 0 Å². The average Bonchev–Trinajstić information content (AvgIpc) is 3.30. The summed E-state index contributed by atoms with van der Waals surface area (Å²) in [6.45, 7) is 0. The predicted molar refractivity (Wildman–Crippen MR) is 95.9 cm³/mol. The van der Waals surface area contributed by atoms with Gasteiger partial charge in [-0.3, -0.25) is 14.4 Å². The lowest BCUT2D eigenvalue weighted by Gasteiger charge is -2.17. The van der Waals surface area contributed by atoms with Crippen LogP contribution in [0.1, 0.15) is 16.2 Å². The number of Topliss-reactive ketones (excluding diaryl/α,β-unsaturated/α-hetero) is 1. The summed E-state index contributed by atoms with van der Waals surface area (Å²) in [6, 6.07) is 9.22. The van der Waals surface area contributed by atoms with Crippen molar-refractivity contribution in [3.05, 3.63) is 66.4 Å². The van der Waals surface area contributed by atoms with Crippen molar-refractivity contribution in [3.8, 4) is 5.82 Å². The average molecular weight is 366 g/mol. The molecule has 0 aliphatic carbocycles. The summed E-state index contributed by atoms with van der Waals surface area (Å²) in [4.78, 5) is 40.5. The maximum atomic E-state index is 12.7. The number of nitrogens with zero attached hydrogens (tertiary/aromatic N) is 4. The molecule has 0 fully saturated rings. The number of nitrogens with one attached hydrogen (secondary N) is 1. The first kappa shape index (κ1) is 18.1. The highest BCUT2D eigenvalue weighted by Crippen LogP contribution is 2.10. The lowest BCUT2D eigenvalue weighted by molar-refractivity contribution is -0.137. The van der Waals surface area contributed by atoms with E-state index in [9.17, 15) is 14.4 Å². The summed E-state index contributed by atoms with van der Waals surface area (Å²) in [5.41, 5.74) is 6.10. The van der Waals surface area contributed by atoms with E-state index in [1.165, 1.54) is 16.9 Å². The Morgan fingerprint density at radius 3 is 2.59 bits per heavy atom. The van der Waals surface area contributed by atoms with E-state index in [1.54, 1.807) is 54.3 Å². The first-order chi connectivity index (χ1) is 13.0. The number of carbonyl (C=O) groups is 3. The number of primary amides is 1. The number of nitrogens with two attached hydrogens (primary N) is 1. The predicted octanol–water partition coefficient (Wildman–Crippen LogP) is 0.00130. The number of carbonyl (C=O) groups excluding carboxylic acids is 3. The van der Waals surface area contributed by atoms with Crippen LogP contribution in [0.2, 0.25) is 0 Å². The molecular weight excluding hydrogens is 348 g/mol. The largest absolute Gasteiger partial charge is 0.363 e. The van der Waals surface area contributed by atoms with Crippen LogP contribution in [0.15, 0.2) is 55.0 Å².